The van der Waals surface area contributed by atoms with E-state index in [0.717, 1.165) is 58.3 Å². The van der Waals surface area contributed by atoms with Crippen LogP contribution in [0.3, 0.4) is 0 Å². The molecule has 1 fully saturated rings. The van der Waals surface area contributed by atoms with Gasteiger partial charge in [0.05, 0.1) is 13.5 Å². The summed E-state index contributed by atoms with van der Waals surface area (Å²) in [5, 5.41) is 9.19. The second kappa shape index (κ2) is 7.37. The van der Waals surface area contributed by atoms with Crippen LogP contribution in [-0.4, -0.2) is 43.2 Å². The largest absolute Gasteiger partial charge is 0.497 e. The minimum Gasteiger partial charge on any atom is -0.497 e. The summed E-state index contributed by atoms with van der Waals surface area (Å²) in [6.07, 6.45) is 2.07. The van der Waals surface area contributed by atoms with E-state index in [1.807, 2.05) is 24.3 Å². The van der Waals surface area contributed by atoms with Gasteiger partial charge in [-0.3, -0.25) is 4.79 Å². The molecule has 2 aromatic rings. The summed E-state index contributed by atoms with van der Waals surface area (Å²) in [5.41, 5.74) is 4.76. The van der Waals surface area contributed by atoms with Gasteiger partial charge in [0.15, 0.2) is 0 Å². The maximum atomic E-state index is 11.2. The number of benzene rings is 1. The van der Waals surface area contributed by atoms with Crippen LogP contribution in [0.1, 0.15) is 33.7 Å². The Morgan fingerprint density at radius 3 is 2.78 bits per heavy atom. The summed E-state index contributed by atoms with van der Waals surface area (Å²) in [7, 11) is 3.82. The Balaban J connectivity index is 1.89. The van der Waals surface area contributed by atoms with Crippen LogP contribution in [0, 0.1) is 0 Å². The molecule has 0 amide bonds. The van der Waals surface area contributed by atoms with Crippen LogP contribution < -0.4 is 9.47 Å². The number of hydrogen-bond acceptors (Lipinski definition) is 5. The Kier molecular flexibility index (Phi) is 4.93. The highest BCUT2D eigenvalue weighted by Crippen LogP contribution is 2.45. The van der Waals surface area contributed by atoms with Crippen molar-refractivity contribution in [3.05, 3.63) is 50.7 Å². The normalized spacial score (nSPS) is 17.0. The number of carbonyl (C=O) groups is 1. The Morgan fingerprint density at radius 2 is 2.07 bits per heavy atom. The first-order valence-corrected chi connectivity index (χ1v) is 9.92. The van der Waals surface area contributed by atoms with E-state index >= 15 is 0 Å². The van der Waals surface area contributed by atoms with Crippen molar-refractivity contribution in [2.24, 2.45) is 0 Å². The summed E-state index contributed by atoms with van der Waals surface area (Å²) in [6.45, 7) is 2.52. The molecular formula is C21H23NO4S. The van der Waals surface area contributed by atoms with Gasteiger partial charge in [0.1, 0.15) is 18.1 Å². The maximum Gasteiger partial charge on any atom is 0.308 e. The molecule has 1 N–H and O–H groups in total. The quantitative estimate of drug-likeness (QED) is 0.871. The van der Waals surface area contributed by atoms with E-state index < -0.39 is 5.97 Å². The molecule has 5 nitrogen and oxygen atoms in total. The Bertz CT molecular complexity index is 905. The summed E-state index contributed by atoms with van der Waals surface area (Å²) in [4.78, 5) is 15.6. The molecule has 0 unspecified atom stereocenters. The SMILES string of the molecule is COc1ccc2c(c1)C(=C1CCN(C)CC1)c1sc(CC(=O)O)cc1CO2. The third kappa shape index (κ3) is 3.59. The molecule has 0 saturated carbocycles. The van der Waals surface area contributed by atoms with Crippen molar-refractivity contribution in [3.8, 4) is 11.5 Å². The monoisotopic (exact) mass is 385 g/mol. The molecule has 1 saturated heterocycles. The third-order valence-corrected chi connectivity index (χ3v) is 6.39. The van der Waals surface area contributed by atoms with E-state index in [-0.39, 0.29) is 6.42 Å². The van der Waals surface area contributed by atoms with Gasteiger partial charge in [0.25, 0.3) is 0 Å². The number of aliphatic carboxylic acids is 1. The van der Waals surface area contributed by atoms with E-state index in [0.29, 0.717) is 6.61 Å². The molecule has 142 valence electrons. The summed E-state index contributed by atoms with van der Waals surface area (Å²) in [5.74, 6) is 0.859. The molecule has 0 aliphatic carbocycles. The van der Waals surface area contributed by atoms with E-state index in [9.17, 15) is 9.90 Å². The van der Waals surface area contributed by atoms with Crippen molar-refractivity contribution in [2.75, 3.05) is 27.2 Å². The van der Waals surface area contributed by atoms with Gasteiger partial charge in [0.2, 0.25) is 0 Å². The first-order valence-electron chi connectivity index (χ1n) is 9.10. The average Bonchev–Trinajstić information content (AvgIpc) is 2.97. The molecule has 3 heterocycles. The second-order valence-electron chi connectivity index (χ2n) is 7.07. The lowest BCUT2D eigenvalue weighted by atomic mass is 9.91. The van der Waals surface area contributed by atoms with E-state index in [2.05, 4.69) is 11.9 Å². The minimum atomic E-state index is -0.803. The van der Waals surface area contributed by atoms with E-state index in [4.69, 9.17) is 9.47 Å². The van der Waals surface area contributed by atoms with E-state index in [1.165, 1.54) is 11.1 Å². The van der Waals surface area contributed by atoms with Crippen molar-refractivity contribution < 1.29 is 19.4 Å². The van der Waals surface area contributed by atoms with Gasteiger partial charge >= 0.3 is 5.97 Å². The highest BCUT2D eigenvalue weighted by atomic mass is 32.1. The smallest absolute Gasteiger partial charge is 0.308 e. The Labute approximate surface area is 162 Å². The van der Waals surface area contributed by atoms with Crippen molar-refractivity contribution >= 4 is 22.9 Å². The zero-order chi connectivity index (χ0) is 19.0. The number of rotatable bonds is 3. The van der Waals surface area contributed by atoms with Crippen LogP contribution in [0.4, 0.5) is 0 Å². The van der Waals surface area contributed by atoms with Gasteiger partial charge in [0, 0.05) is 39.5 Å². The lowest BCUT2D eigenvalue weighted by Crippen LogP contribution is -2.26. The van der Waals surface area contributed by atoms with Crippen LogP contribution in [0.2, 0.25) is 0 Å². The number of carboxylic acids is 1. The van der Waals surface area contributed by atoms with Gasteiger partial charge < -0.3 is 19.5 Å². The fourth-order valence-electron chi connectivity index (χ4n) is 3.77. The van der Waals surface area contributed by atoms with E-state index in [1.54, 1.807) is 18.4 Å². The lowest BCUT2D eigenvalue weighted by molar-refractivity contribution is -0.136. The zero-order valence-corrected chi connectivity index (χ0v) is 16.4. The fourth-order valence-corrected chi connectivity index (χ4v) is 5.03. The van der Waals surface area contributed by atoms with Gasteiger partial charge in [-0.1, -0.05) is 5.57 Å². The number of ether oxygens (including phenoxy) is 2. The van der Waals surface area contributed by atoms with Crippen molar-refractivity contribution in [3.63, 3.8) is 0 Å². The average molecular weight is 385 g/mol. The summed E-state index contributed by atoms with van der Waals surface area (Å²) >= 11 is 1.58. The molecule has 2 aliphatic heterocycles. The van der Waals surface area contributed by atoms with Gasteiger partial charge in [-0.15, -0.1) is 11.3 Å². The third-order valence-electron chi connectivity index (χ3n) is 5.20. The molecular weight excluding hydrogens is 362 g/mol. The number of nitrogens with zero attached hydrogens (tertiary/aromatic N) is 1. The first-order chi connectivity index (χ1) is 13.0. The molecule has 0 radical (unpaired) electrons. The van der Waals surface area contributed by atoms with Crippen LogP contribution in [0.25, 0.3) is 5.57 Å². The summed E-state index contributed by atoms with van der Waals surface area (Å²) in [6, 6.07) is 7.93. The van der Waals surface area contributed by atoms with Gasteiger partial charge in [-0.2, -0.15) is 0 Å². The van der Waals surface area contributed by atoms with Gasteiger partial charge in [-0.25, -0.2) is 0 Å². The Hall–Kier alpha value is -2.31. The predicted molar refractivity (Wildman–Crippen MR) is 106 cm³/mol. The number of fused-ring (bicyclic) bond motifs is 2. The number of likely N-dealkylation sites (tertiary alicyclic amines) is 1. The molecule has 2 aliphatic rings. The molecule has 4 rings (SSSR count). The lowest BCUT2D eigenvalue weighted by Gasteiger charge is -2.26. The molecule has 0 spiro atoms. The highest BCUT2D eigenvalue weighted by molar-refractivity contribution is 7.13. The van der Waals surface area contributed by atoms with Crippen LogP contribution in [0.5, 0.6) is 11.5 Å². The molecule has 0 bridgehead atoms. The van der Waals surface area contributed by atoms with Gasteiger partial charge in [-0.05, 0) is 44.2 Å². The fraction of sp³-hybridized carbons (Fsp3) is 0.381. The van der Waals surface area contributed by atoms with Crippen LogP contribution in [-0.2, 0) is 17.8 Å². The van der Waals surface area contributed by atoms with Crippen molar-refractivity contribution in [1.29, 1.82) is 0 Å². The highest BCUT2D eigenvalue weighted by Gasteiger charge is 2.27. The molecule has 1 aromatic heterocycles. The molecule has 27 heavy (non-hydrogen) atoms. The maximum absolute atomic E-state index is 11.2. The topological polar surface area (TPSA) is 59.0 Å². The number of hydrogen-bond donors (Lipinski definition) is 1. The molecule has 1 aromatic carbocycles. The zero-order valence-electron chi connectivity index (χ0n) is 15.6. The van der Waals surface area contributed by atoms with Crippen LogP contribution >= 0.6 is 11.3 Å². The minimum absolute atomic E-state index is 0.0496. The first kappa shape index (κ1) is 18.1. The number of thiophene rings is 1. The number of carboxylic acid groups (broad SMARTS) is 1. The number of piperidine rings is 1. The number of methoxy groups -OCH3 is 1. The molecule has 0 atom stereocenters. The second-order valence-corrected chi connectivity index (χ2v) is 8.21. The molecule has 6 heteroatoms. The standard InChI is InChI=1S/C21H23NO4S/c1-22-7-5-13(6-8-22)20-17-10-15(25-2)3-4-18(17)26-12-14-9-16(11-19(23)24)27-21(14)20/h3-4,9-10H,5-8,11-12H2,1-2H3,(H,23,24). The Morgan fingerprint density at radius 1 is 1.30 bits per heavy atom. The summed E-state index contributed by atoms with van der Waals surface area (Å²) < 4.78 is 11.6. The van der Waals surface area contributed by atoms with Crippen molar-refractivity contribution in [2.45, 2.75) is 25.9 Å². The predicted octanol–water partition coefficient (Wildman–Crippen LogP) is 3.80. The van der Waals surface area contributed by atoms with Crippen LogP contribution in [0.15, 0.2) is 29.8 Å². The van der Waals surface area contributed by atoms with Crippen molar-refractivity contribution in [1.82, 2.24) is 4.90 Å².